The van der Waals surface area contributed by atoms with Crippen molar-refractivity contribution in [3.63, 3.8) is 0 Å². The number of aliphatic imine (C=N–C) groups is 1. The van der Waals surface area contributed by atoms with Crippen LogP contribution >= 0.6 is 0 Å². The van der Waals surface area contributed by atoms with E-state index in [0.717, 1.165) is 31.5 Å². The lowest BCUT2D eigenvalue weighted by Gasteiger charge is -2.43. The molecule has 1 heterocycles. The van der Waals surface area contributed by atoms with Crippen LogP contribution in [0, 0.1) is 11.3 Å². The van der Waals surface area contributed by atoms with Crippen LogP contribution in [0.2, 0.25) is 0 Å². The van der Waals surface area contributed by atoms with E-state index in [1.54, 1.807) is 7.05 Å². The highest BCUT2D eigenvalue weighted by molar-refractivity contribution is 7.91. The smallest absolute Gasteiger partial charge is 0.191 e. The van der Waals surface area contributed by atoms with Crippen LogP contribution in [-0.4, -0.2) is 70.6 Å². The van der Waals surface area contributed by atoms with Crippen LogP contribution in [0.4, 0.5) is 0 Å². The topological polar surface area (TPSA) is 73.8 Å². The third kappa shape index (κ3) is 5.92. The van der Waals surface area contributed by atoms with E-state index in [2.05, 4.69) is 34.4 Å². The average molecular weight is 359 g/mol. The lowest BCUT2D eigenvalue weighted by molar-refractivity contribution is 0.104. The normalized spacial score (nSPS) is 23.8. The Balaban J connectivity index is 1.67. The number of rotatable bonds is 7. The van der Waals surface area contributed by atoms with Gasteiger partial charge in [-0.3, -0.25) is 9.89 Å². The maximum absolute atomic E-state index is 11.4. The second kappa shape index (κ2) is 8.52. The molecule has 0 unspecified atom stereocenters. The SMILES string of the molecule is CN=C(NCCN1CCS(=O)(=O)CC1)NCC1(CC(C)C)CCC1. The molecule has 2 aliphatic rings. The molecule has 7 heteroatoms. The Labute approximate surface area is 147 Å². The summed E-state index contributed by atoms with van der Waals surface area (Å²) in [6.45, 7) is 8.52. The van der Waals surface area contributed by atoms with Crippen LogP contribution in [-0.2, 0) is 9.84 Å². The van der Waals surface area contributed by atoms with Crippen LogP contribution in [0.1, 0.15) is 39.5 Å². The van der Waals surface area contributed by atoms with Gasteiger partial charge in [-0.15, -0.1) is 0 Å². The Kier molecular flexibility index (Phi) is 6.92. The molecular formula is C17H34N4O2S. The van der Waals surface area contributed by atoms with Crippen LogP contribution in [0.15, 0.2) is 4.99 Å². The molecule has 0 spiro atoms. The molecule has 1 saturated carbocycles. The summed E-state index contributed by atoms with van der Waals surface area (Å²) in [5, 5.41) is 6.85. The predicted octanol–water partition coefficient (Wildman–Crippen LogP) is 1.10. The van der Waals surface area contributed by atoms with Gasteiger partial charge in [-0.05, 0) is 30.6 Å². The first kappa shape index (κ1) is 19.5. The Morgan fingerprint density at radius 2 is 1.88 bits per heavy atom. The highest BCUT2D eigenvalue weighted by Gasteiger charge is 2.37. The van der Waals surface area contributed by atoms with Crippen molar-refractivity contribution in [1.82, 2.24) is 15.5 Å². The van der Waals surface area contributed by atoms with Crippen molar-refractivity contribution in [3.8, 4) is 0 Å². The number of hydrogen-bond donors (Lipinski definition) is 2. The molecule has 1 saturated heterocycles. The van der Waals surface area contributed by atoms with Crippen molar-refractivity contribution < 1.29 is 8.42 Å². The molecule has 6 nitrogen and oxygen atoms in total. The van der Waals surface area contributed by atoms with Crippen molar-refractivity contribution in [2.45, 2.75) is 39.5 Å². The van der Waals surface area contributed by atoms with Gasteiger partial charge in [-0.2, -0.15) is 0 Å². The van der Waals surface area contributed by atoms with Gasteiger partial charge in [0.1, 0.15) is 0 Å². The van der Waals surface area contributed by atoms with Crippen molar-refractivity contribution in [2.24, 2.45) is 16.3 Å². The van der Waals surface area contributed by atoms with Gasteiger partial charge in [0.05, 0.1) is 11.5 Å². The first-order valence-electron chi connectivity index (χ1n) is 9.21. The summed E-state index contributed by atoms with van der Waals surface area (Å²) in [5.74, 6) is 2.17. The third-order valence-electron chi connectivity index (χ3n) is 5.27. The maximum Gasteiger partial charge on any atom is 0.191 e. The number of nitrogens with one attached hydrogen (secondary N) is 2. The standard InChI is InChI=1S/C17H34N4O2S/c1-15(2)13-17(5-4-6-17)14-20-16(18-3)19-7-8-21-9-11-24(22,23)12-10-21/h15H,4-14H2,1-3H3,(H2,18,19,20). The Hall–Kier alpha value is -0.820. The van der Waals surface area contributed by atoms with Gasteiger partial charge < -0.3 is 10.6 Å². The molecule has 140 valence electrons. The van der Waals surface area contributed by atoms with Crippen molar-refractivity contribution >= 4 is 15.8 Å². The van der Waals surface area contributed by atoms with Gasteiger partial charge in [0.2, 0.25) is 0 Å². The van der Waals surface area contributed by atoms with Gasteiger partial charge in [0.15, 0.2) is 15.8 Å². The van der Waals surface area contributed by atoms with Crippen LogP contribution in [0.3, 0.4) is 0 Å². The van der Waals surface area contributed by atoms with Gasteiger partial charge in [-0.25, -0.2) is 8.42 Å². The van der Waals surface area contributed by atoms with Crippen LogP contribution < -0.4 is 10.6 Å². The summed E-state index contributed by atoms with van der Waals surface area (Å²) < 4.78 is 22.9. The first-order valence-corrected chi connectivity index (χ1v) is 11.0. The molecule has 1 aliphatic heterocycles. The number of hydrogen-bond acceptors (Lipinski definition) is 4. The number of sulfone groups is 1. The zero-order valence-corrected chi connectivity index (χ0v) is 16.3. The first-order chi connectivity index (χ1) is 11.3. The average Bonchev–Trinajstić information content (AvgIpc) is 2.48. The van der Waals surface area contributed by atoms with E-state index >= 15 is 0 Å². The quantitative estimate of drug-likeness (QED) is 0.527. The van der Waals surface area contributed by atoms with E-state index in [1.807, 2.05) is 0 Å². The summed E-state index contributed by atoms with van der Waals surface area (Å²) >= 11 is 0. The molecule has 24 heavy (non-hydrogen) atoms. The van der Waals surface area contributed by atoms with E-state index in [4.69, 9.17) is 0 Å². The predicted molar refractivity (Wildman–Crippen MR) is 100 cm³/mol. The summed E-state index contributed by atoms with van der Waals surface area (Å²) in [5.41, 5.74) is 0.451. The molecule has 0 aromatic rings. The summed E-state index contributed by atoms with van der Waals surface area (Å²) in [6, 6.07) is 0. The molecule has 0 bridgehead atoms. The number of guanidine groups is 1. The van der Waals surface area contributed by atoms with E-state index < -0.39 is 9.84 Å². The minimum atomic E-state index is -2.79. The fourth-order valence-corrected chi connectivity index (χ4v) is 5.07. The fourth-order valence-electron chi connectivity index (χ4n) is 3.79. The molecule has 2 fully saturated rings. The number of nitrogens with zero attached hydrogens (tertiary/aromatic N) is 2. The van der Waals surface area contributed by atoms with Crippen LogP contribution in [0.5, 0.6) is 0 Å². The summed E-state index contributed by atoms with van der Waals surface area (Å²) in [7, 11) is -0.987. The highest BCUT2D eigenvalue weighted by atomic mass is 32.2. The molecule has 0 radical (unpaired) electrons. The molecule has 2 rings (SSSR count). The Morgan fingerprint density at radius 3 is 2.38 bits per heavy atom. The zero-order valence-electron chi connectivity index (χ0n) is 15.5. The third-order valence-corrected chi connectivity index (χ3v) is 6.88. The second-order valence-corrected chi connectivity index (χ2v) is 10.1. The van der Waals surface area contributed by atoms with E-state index in [1.165, 1.54) is 25.7 Å². The summed E-state index contributed by atoms with van der Waals surface area (Å²) in [6.07, 6.45) is 5.26. The van der Waals surface area contributed by atoms with Gasteiger partial charge >= 0.3 is 0 Å². The zero-order chi connectivity index (χ0) is 17.6. The maximum atomic E-state index is 11.4. The molecule has 0 aromatic carbocycles. The minimum Gasteiger partial charge on any atom is -0.356 e. The summed E-state index contributed by atoms with van der Waals surface area (Å²) in [4.78, 5) is 6.52. The highest BCUT2D eigenvalue weighted by Crippen LogP contribution is 2.45. The Bertz CT molecular complexity index is 513. The second-order valence-electron chi connectivity index (χ2n) is 7.80. The molecule has 2 N–H and O–H groups in total. The lowest BCUT2D eigenvalue weighted by Crippen LogP contribution is -2.49. The van der Waals surface area contributed by atoms with Crippen molar-refractivity contribution in [2.75, 3.05) is 51.3 Å². The minimum absolute atomic E-state index is 0.289. The van der Waals surface area contributed by atoms with Crippen LogP contribution in [0.25, 0.3) is 0 Å². The van der Waals surface area contributed by atoms with Crippen molar-refractivity contribution in [1.29, 1.82) is 0 Å². The van der Waals surface area contributed by atoms with Gasteiger partial charge in [0, 0.05) is 39.8 Å². The van der Waals surface area contributed by atoms with Gasteiger partial charge in [0.25, 0.3) is 0 Å². The van der Waals surface area contributed by atoms with E-state index in [9.17, 15) is 8.42 Å². The largest absolute Gasteiger partial charge is 0.356 e. The molecule has 0 aromatic heterocycles. The monoisotopic (exact) mass is 358 g/mol. The van der Waals surface area contributed by atoms with Gasteiger partial charge in [-0.1, -0.05) is 20.3 Å². The van der Waals surface area contributed by atoms with E-state index in [0.29, 0.717) is 18.5 Å². The van der Waals surface area contributed by atoms with E-state index in [-0.39, 0.29) is 11.5 Å². The molecule has 0 amide bonds. The lowest BCUT2D eigenvalue weighted by atomic mass is 9.64. The molecule has 0 atom stereocenters. The van der Waals surface area contributed by atoms with Crippen molar-refractivity contribution in [3.05, 3.63) is 0 Å². The molecular weight excluding hydrogens is 324 g/mol. The fraction of sp³-hybridized carbons (Fsp3) is 0.941. The Morgan fingerprint density at radius 1 is 1.21 bits per heavy atom. The molecule has 1 aliphatic carbocycles.